The summed E-state index contributed by atoms with van der Waals surface area (Å²) >= 11 is 13.6. The zero-order valence-electron chi connectivity index (χ0n) is 10.1. The van der Waals surface area contributed by atoms with E-state index in [2.05, 4.69) is 4.98 Å². The van der Waals surface area contributed by atoms with Gasteiger partial charge in [-0.25, -0.2) is 9.37 Å². The molecule has 0 aliphatic rings. The van der Waals surface area contributed by atoms with Crippen molar-refractivity contribution in [3.8, 4) is 0 Å². The number of hydrogen-bond donors (Lipinski definition) is 0. The average Bonchev–Trinajstić information content (AvgIpc) is 2.65. The summed E-state index contributed by atoms with van der Waals surface area (Å²) in [5, 5.41) is -0.133. The lowest BCUT2D eigenvalue weighted by Gasteiger charge is -2.09. The van der Waals surface area contributed by atoms with Crippen LogP contribution in [-0.4, -0.2) is 21.6 Å². The second-order valence-electron chi connectivity index (χ2n) is 3.99. The van der Waals surface area contributed by atoms with Gasteiger partial charge in [-0.1, -0.05) is 11.6 Å². The third-order valence-corrected chi connectivity index (χ3v) is 3.77. The van der Waals surface area contributed by atoms with Gasteiger partial charge in [0.05, 0.1) is 21.4 Å². The molecule has 2 rings (SSSR count). The van der Waals surface area contributed by atoms with Crippen LogP contribution in [0.5, 0.6) is 0 Å². The molecule has 0 bridgehead atoms. The minimum Gasteiger partial charge on any atom is -0.326 e. The minimum atomic E-state index is -0.428. The number of benzene rings is 1. The van der Waals surface area contributed by atoms with Crippen LogP contribution in [0.3, 0.4) is 0 Å². The van der Waals surface area contributed by atoms with Gasteiger partial charge in [-0.05, 0) is 19.2 Å². The number of nitrogens with zero attached hydrogens (tertiary/aromatic N) is 2. The first-order valence-electron chi connectivity index (χ1n) is 5.52. The number of hydrogen-bond acceptors (Lipinski definition) is 2. The van der Waals surface area contributed by atoms with Gasteiger partial charge in [0.1, 0.15) is 11.6 Å². The predicted octanol–water partition coefficient (Wildman–Crippen LogP) is 4.49. The molecule has 6 heteroatoms. The Kier molecular flexibility index (Phi) is 4.41. The van der Waals surface area contributed by atoms with E-state index < -0.39 is 5.82 Å². The predicted molar refractivity (Wildman–Crippen MR) is 77.4 cm³/mol. The number of halogens is 3. The number of imidazole rings is 1. The van der Waals surface area contributed by atoms with Gasteiger partial charge in [-0.15, -0.1) is 11.6 Å². The number of aromatic nitrogens is 2. The zero-order valence-corrected chi connectivity index (χ0v) is 12.4. The summed E-state index contributed by atoms with van der Waals surface area (Å²) in [5.41, 5.74) is 1.43. The van der Waals surface area contributed by atoms with Crippen molar-refractivity contribution in [2.75, 3.05) is 12.0 Å². The third-order valence-electron chi connectivity index (χ3n) is 2.69. The van der Waals surface area contributed by atoms with Crippen LogP contribution >= 0.6 is 35.0 Å². The molecule has 0 spiro atoms. The van der Waals surface area contributed by atoms with Crippen molar-refractivity contribution in [3.05, 3.63) is 28.8 Å². The third kappa shape index (κ3) is 2.60. The molecule has 0 saturated heterocycles. The maximum atomic E-state index is 13.5. The number of thioether (sulfide) groups is 1. The first-order valence-corrected chi connectivity index (χ1v) is 7.73. The van der Waals surface area contributed by atoms with E-state index in [1.807, 2.05) is 17.7 Å². The molecular weight excluding hydrogens is 294 g/mol. The molecule has 1 aromatic carbocycles. The van der Waals surface area contributed by atoms with E-state index in [1.165, 1.54) is 6.07 Å². The number of alkyl halides is 1. The Morgan fingerprint density at radius 3 is 2.83 bits per heavy atom. The highest BCUT2D eigenvalue weighted by Gasteiger charge is 2.16. The molecule has 0 saturated carbocycles. The molecule has 2 nitrogen and oxygen atoms in total. The van der Waals surface area contributed by atoms with Gasteiger partial charge >= 0.3 is 0 Å². The van der Waals surface area contributed by atoms with Crippen LogP contribution < -0.4 is 0 Å². The second kappa shape index (κ2) is 5.68. The van der Waals surface area contributed by atoms with Gasteiger partial charge in [0, 0.05) is 18.4 Å². The molecule has 0 aliphatic heterocycles. The van der Waals surface area contributed by atoms with Crippen molar-refractivity contribution in [2.45, 2.75) is 18.8 Å². The van der Waals surface area contributed by atoms with Crippen LogP contribution in [-0.2, 0) is 6.54 Å². The first-order chi connectivity index (χ1) is 8.54. The summed E-state index contributed by atoms with van der Waals surface area (Å²) in [6.45, 7) is 2.61. The maximum absolute atomic E-state index is 13.5. The molecule has 0 aliphatic carbocycles. The molecule has 0 amide bonds. The molecule has 2 aromatic rings. The molecule has 1 unspecified atom stereocenters. The quantitative estimate of drug-likeness (QED) is 0.774. The maximum Gasteiger partial charge on any atom is 0.144 e. The minimum absolute atomic E-state index is 0.0887. The highest BCUT2D eigenvalue weighted by Crippen LogP contribution is 2.28. The van der Waals surface area contributed by atoms with Gasteiger partial charge in [0.25, 0.3) is 0 Å². The van der Waals surface area contributed by atoms with E-state index in [0.29, 0.717) is 5.52 Å². The van der Waals surface area contributed by atoms with Crippen molar-refractivity contribution in [2.24, 2.45) is 0 Å². The van der Waals surface area contributed by atoms with Crippen LogP contribution in [0.1, 0.15) is 18.1 Å². The highest BCUT2D eigenvalue weighted by molar-refractivity contribution is 7.98. The van der Waals surface area contributed by atoms with E-state index >= 15 is 0 Å². The van der Waals surface area contributed by atoms with E-state index in [0.717, 1.165) is 23.6 Å². The van der Waals surface area contributed by atoms with Crippen LogP contribution in [0.4, 0.5) is 4.39 Å². The topological polar surface area (TPSA) is 17.8 Å². The SMILES string of the molecule is CSCCn1c(C(C)Cl)nc2cc(Cl)c(F)cc21. The molecule has 0 radical (unpaired) electrons. The van der Waals surface area contributed by atoms with Crippen molar-refractivity contribution in [1.29, 1.82) is 0 Å². The average molecular weight is 307 g/mol. The largest absolute Gasteiger partial charge is 0.326 e. The summed E-state index contributed by atoms with van der Waals surface area (Å²) in [4.78, 5) is 4.44. The lowest BCUT2D eigenvalue weighted by Crippen LogP contribution is -2.06. The Balaban J connectivity index is 2.61. The van der Waals surface area contributed by atoms with Gasteiger partial charge in [0.2, 0.25) is 0 Å². The molecule has 18 heavy (non-hydrogen) atoms. The fraction of sp³-hybridized carbons (Fsp3) is 0.417. The Morgan fingerprint density at radius 1 is 1.50 bits per heavy atom. The van der Waals surface area contributed by atoms with Gasteiger partial charge < -0.3 is 4.57 Å². The summed E-state index contributed by atoms with van der Waals surface area (Å²) in [6, 6.07) is 2.97. The smallest absolute Gasteiger partial charge is 0.144 e. The van der Waals surface area contributed by atoms with E-state index in [1.54, 1.807) is 17.8 Å². The van der Waals surface area contributed by atoms with E-state index in [-0.39, 0.29) is 10.4 Å². The monoisotopic (exact) mass is 306 g/mol. The Morgan fingerprint density at radius 2 is 2.22 bits per heavy atom. The van der Waals surface area contributed by atoms with E-state index in [4.69, 9.17) is 23.2 Å². The van der Waals surface area contributed by atoms with Crippen LogP contribution in [0.15, 0.2) is 12.1 Å². The second-order valence-corrected chi connectivity index (χ2v) is 6.03. The summed E-state index contributed by atoms with van der Waals surface area (Å²) in [5.74, 6) is 1.25. The van der Waals surface area contributed by atoms with Crippen LogP contribution in [0.25, 0.3) is 11.0 Å². The molecule has 1 aromatic heterocycles. The van der Waals surface area contributed by atoms with Gasteiger partial charge in [-0.2, -0.15) is 11.8 Å². The van der Waals surface area contributed by atoms with Crippen LogP contribution in [0, 0.1) is 5.82 Å². The standard InChI is InChI=1S/C12H13Cl2FN2S/c1-7(13)12-16-10-5-8(14)9(15)6-11(10)17(12)3-4-18-2/h5-7H,3-4H2,1-2H3. The zero-order chi connectivity index (χ0) is 13.3. The number of fused-ring (bicyclic) bond motifs is 1. The Labute approximate surface area is 119 Å². The van der Waals surface area contributed by atoms with Crippen molar-refractivity contribution >= 4 is 46.0 Å². The molecule has 0 N–H and O–H groups in total. The fourth-order valence-electron chi connectivity index (χ4n) is 1.86. The van der Waals surface area contributed by atoms with Crippen molar-refractivity contribution in [3.63, 3.8) is 0 Å². The van der Waals surface area contributed by atoms with Gasteiger partial charge in [0.15, 0.2) is 0 Å². The van der Waals surface area contributed by atoms with Gasteiger partial charge in [-0.3, -0.25) is 0 Å². The molecular formula is C12H13Cl2FN2S. The first kappa shape index (κ1) is 14.0. The lowest BCUT2D eigenvalue weighted by molar-refractivity contribution is 0.628. The molecule has 1 atom stereocenters. The molecule has 1 heterocycles. The Hall–Kier alpha value is -0.450. The van der Waals surface area contributed by atoms with E-state index in [9.17, 15) is 4.39 Å². The summed E-state index contributed by atoms with van der Waals surface area (Å²) < 4.78 is 15.5. The van der Waals surface area contributed by atoms with Crippen molar-refractivity contribution in [1.82, 2.24) is 9.55 Å². The number of rotatable bonds is 4. The summed E-state index contributed by atoms with van der Waals surface area (Å²) in [6.07, 6.45) is 2.03. The van der Waals surface area contributed by atoms with Crippen molar-refractivity contribution < 1.29 is 4.39 Å². The fourth-order valence-corrected chi connectivity index (χ4v) is 2.55. The Bertz CT molecular complexity index is 569. The lowest BCUT2D eigenvalue weighted by atomic mass is 10.3. The number of aryl methyl sites for hydroxylation is 1. The highest BCUT2D eigenvalue weighted by atomic mass is 35.5. The normalized spacial score (nSPS) is 13.2. The molecule has 98 valence electrons. The summed E-state index contributed by atoms with van der Waals surface area (Å²) in [7, 11) is 0. The van der Waals surface area contributed by atoms with Crippen LogP contribution in [0.2, 0.25) is 5.02 Å². The molecule has 0 fully saturated rings.